The Morgan fingerprint density at radius 1 is 1.23 bits per heavy atom. The highest BCUT2D eigenvalue weighted by Gasteiger charge is 2.39. The van der Waals surface area contributed by atoms with E-state index < -0.39 is 0 Å². The fourth-order valence-corrected chi connectivity index (χ4v) is 4.02. The molecule has 2 atom stereocenters. The number of carbonyl (C=O) groups is 1. The summed E-state index contributed by atoms with van der Waals surface area (Å²) in [7, 11) is 5.19. The Morgan fingerprint density at radius 2 is 2.00 bits per heavy atom. The molecular weight excluding hydrogens is 332 g/mol. The summed E-state index contributed by atoms with van der Waals surface area (Å²) in [6.45, 7) is 2.15. The van der Waals surface area contributed by atoms with Gasteiger partial charge in [0.15, 0.2) is 11.5 Å². The van der Waals surface area contributed by atoms with Crippen molar-refractivity contribution >= 4 is 11.6 Å². The maximum absolute atomic E-state index is 13.3. The summed E-state index contributed by atoms with van der Waals surface area (Å²) in [5.74, 6) is 1.50. The maximum Gasteiger partial charge on any atom is 0.232 e. The summed E-state index contributed by atoms with van der Waals surface area (Å²) in [6, 6.07) is 3.89. The molecule has 2 aromatic rings. The van der Waals surface area contributed by atoms with Crippen molar-refractivity contribution in [1.82, 2.24) is 14.9 Å². The minimum atomic E-state index is -0.107. The first-order valence-corrected chi connectivity index (χ1v) is 8.87. The lowest BCUT2D eigenvalue weighted by atomic mass is 9.92. The van der Waals surface area contributed by atoms with Gasteiger partial charge in [0.25, 0.3) is 0 Å². The Morgan fingerprint density at radius 3 is 2.69 bits per heavy atom. The van der Waals surface area contributed by atoms with E-state index in [4.69, 9.17) is 9.47 Å². The van der Waals surface area contributed by atoms with Crippen LogP contribution in [0.5, 0.6) is 11.5 Å². The van der Waals surface area contributed by atoms with Crippen LogP contribution in [0.25, 0.3) is 0 Å². The number of rotatable bonds is 4. The van der Waals surface area contributed by atoms with Crippen LogP contribution in [0.4, 0.5) is 5.69 Å². The molecule has 1 amide bonds. The SMILES string of the molecule is COc1cc2c(cc1OC)N(C(=O)[C@@H]1CNC[C@H]1c1cn(C)cn1)CC2. The van der Waals surface area contributed by atoms with Crippen LogP contribution in [0.2, 0.25) is 0 Å². The number of carbonyl (C=O) groups excluding carboxylic acids is 1. The Bertz CT molecular complexity index is 832. The van der Waals surface area contributed by atoms with Crippen LogP contribution in [0.3, 0.4) is 0 Å². The maximum atomic E-state index is 13.3. The molecule has 4 rings (SSSR count). The summed E-state index contributed by atoms with van der Waals surface area (Å²) < 4.78 is 12.7. The second kappa shape index (κ2) is 6.64. The van der Waals surface area contributed by atoms with E-state index in [1.165, 1.54) is 0 Å². The molecule has 0 unspecified atom stereocenters. The zero-order chi connectivity index (χ0) is 18.3. The van der Waals surface area contributed by atoms with Gasteiger partial charge in [-0.1, -0.05) is 0 Å². The lowest BCUT2D eigenvalue weighted by molar-refractivity contribution is -0.122. The average Bonchev–Trinajstić information content (AvgIpc) is 3.38. The molecule has 26 heavy (non-hydrogen) atoms. The molecule has 1 fully saturated rings. The molecule has 2 aliphatic rings. The fraction of sp³-hybridized carbons (Fsp3) is 0.474. The van der Waals surface area contributed by atoms with Crippen LogP contribution in [0.1, 0.15) is 17.2 Å². The molecule has 1 aromatic carbocycles. The average molecular weight is 356 g/mol. The number of nitrogens with zero attached hydrogens (tertiary/aromatic N) is 3. The summed E-state index contributed by atoms with van der Waals surface area (Å²) >= 11 is 0. The van der Waals surface area contributed by atoms with E-state index in [0.29, 0.717) is 24.6 Å². The number of ether oxygens (including phenoxy) is 2. The molecule has 0 radical (unpaired) electrons. The number of methoxy groups -OCH3 is 2. The predicted octanol–water partition coefficient (Wildman–Crippen LogP) is 1.33. The highest BCUT2D eigenvalue weighted by Crippen LogP contribution is 2.40. The van der Waals surface area contributed by atoms with Crippen molar-refractivity contribution < 1.29 is 14.3 Å². The molecule has 3 heterocycles. The third kappa shape index (κ3) is 2.72. The van der Waals surface area contributed by atoms with Gasteiger partial charge < -0.3 is 24.3 Å². The smallest absolute Gasteiger partial charge is 0.232 e. The highest BCUT2D eigenvalue weighted by atomic mass is 16.5. The van der Waals surface area contributed by atoms with Gasteiger partial charge in [0.1, 0.15) is 0 Å². The summed E-state index contributed by atoms with van der Waals surface area (Å²) in [6.07, 6.45) is 4.62. The lowest BCUT2D eigenvalue weighted by Crippen LogP contribution is -2.37. The first-order valence-electron chi connectivity index (χ1n) is 8.87. The number of nitrogens with one attached hydrogen (secondary N) is 1. The lowest BCUT2D eigenvalue weighted by Gasteiger charge is -2.24. The van der Waals surface area contributed by atoms with E-state index in [9.17, 15) is 4.79 Å². The van der Waals surface area contributed by atoms with Gasteiger partial charge >= 0.3 is 0 Å². The number of hydrogen-bond donors (Lipinski definition) is 1. The molecule has 7 heteroatoms. The van der Waals surface area contributed by atoms with E-state index >= 15 is 0 Å². The third-order valence-corrected chi connectivity index (χ3v) is 5.38. The molecule has 0 saturated carbocycles. The van der Waals surface area contributed by atoms with Gasteiger partial charge in [-0.2, -0.15) is 0 Å². The number of hydrogen-bond acceptors (Lipinski definition) is 5. The van der Waals surface area contributed by atoms with Crippen molar-refractivity contribution in [3.63, 3.8) is 0 Å². The van der Waals surface area contributed by atoms with Gasteiger partial charge in [-0.15, -0.1) is 0 Å². The number of aryl methyl sites for hydroxylation is 1. The fourth-order valence-electron chi connectivity index (χ4n) is 4.02. The van der Waals surface area contributed by atoms with Crippen LogP contribution < -0.4 is 19.7 Å². The minimum absolute atomic E-state index is 0.105. The van der Waals surface area contributed by atoms with Crippen molar-refractivity contribution in [3.05, 3.63) is 35.9 Å². The first kappa shape index (κ1) is 16.9. The molecule has 1 saturated heterocycles. The topological polar surface area (TPSA) is 68.6 Å². The van der Waals surface area contributed by atoms with Crippen LogP contribution >= 0.6 is 0 Å². The number of benzene rings is 1. The molecule has 1 N–H and O–H groups in total. The van der Waals surface area contributed by atoms with Gasteiger partial charge in [0.2, 0.25) is 5.91 Å². The number of imidazole rings is 1. The van der Waals surface area contributed by atoms with E-state index in [1.54, 1.807) is 20.5 Å². The Labute approximate surface area is 152 Å². The van der Waals surface area contributed by atoms with Crippen molar-refractivity contribution in [2.24, 2.45) is 13.0 Å². The molecule has 1 aromatic heterocycles. The summed E-state index contributed by atoms with van der Waals surface area (Å²) in [4.78, 5) is 19.7. The number of aromatic nitrogens is 2. The van der Waals surface area contributed by atoms with Crippen LogP contribution in [-0.4, -0.2) is 49.3 Å². The largest absolute Gasteiger partial charge is 0.493 e. The Kier molecular flexibility index (Phi) is 4.32. The Balaban J connectivity index is 1.62. The number of anilines is 1. The molecule has 0 spiro atoms. The van der Waals surface area contributed by atoms with Gasteiger partial charge in [0.05, 0.1) is 37.8 Å². The highest BCUT2D eigenvalue weighted by molar-refractivity contribution is 5.98. The zero-order valence-electron chi connectivity index (χ0n) is 15.4. The summed E-state index contributed by atoms with van der Waals surface area (Å²) in [5.41, 5.74) is 3.03. The van der Waals surface area contributed by atoms with Crippen molar-refractivity contribution in [2.75, 3.05) is 38.8 Å². The second-order valence-electron chi connectivity index (χ2n) is 6.91. The molecular formula is C19H24N4O3. The predicted molar refractivity (Wildman–Crippen MR) is 97.9 cm³/mol. The van der Waals surface area contributed by atoms with Gasteiger partial charge in [-0.3, -0.25) is 4.79 Å². The molecule has 138 valence electrons. The molecule has 7 nitrogen and oxygen atoms in total. The number of fused-ring (bicyclic) bond motifs is 1. The minimum Gasteiger partial charge on any atom is -0.493 e. The van der Waals surface area contributed by atoms with Gasteiger partial charge in [-0.25, -0.2) is 4.98 Å². The number of amides is 1. The zero-order valence-corrected chi connectivity index (χ0v) is 15.4. The van der Waals surface area contributed by atoms with E-state index in [-0.39, 0.29) is 17.7 Å². The first-order chi connectivity index (χ1) is 12.6. The van der Waals surface area contributed by atoms with Gasteiger partial charge in [-0.05, 0) is 18.1 Å². The van der Waals surface area contributed by atoms with E-state index in [1.807, 2.05) is 34.8 Å². The Hall–Kier alpha value is -2.54. The quantitative estimate of drug-likeness (QED) is 0.895. The van der Waals surface area contributed by atoms with Crippen molar-refractivity contribution in [1.29, 1.82) is 0 Å². The van der Waals surface area contributed by atoms with Gasteiger partial charge in [0, 0.05) is 44.9 Å². The normalized spacial score (nSPS) is 21.7. The van der Waals surface area contributed by atoms with Crippen LogP contribution in [0.15, 0.2) is 24.7 Å². The second-order valence-corrected chi connectivity index (χ2v) is 6.91. The monoisotopic (exact) mass is 356 g/mol. The molecule has 2 aliphatic heterocycles. The van der Waals surface area contributed by atoms with E-state index in [0.717, 1.165) is 29.9 Å². The third-order valence-electron chi connectivity index (χ3n) is 5.38. The van der Waals surface area contributed by atoms with E-state index in [2.05, 4.69) is 10.3 Å². The van der Waals surface area contributed by atoms with Crippen molar-refractivity contribution in [2.45, 2.75) is 12.3 Å². The summed E-state index contributed by atoms with van der Waals surface area (Å²) in [5, 5.41) is 3.36. The molecule has 0 bridgehead atoms. The standard InChI is InChI=1S/C19H24N4O3/c1-22-10-15(21-11-22)13-8-20-9-14(13)19(24)23-5-4-12-6-17(25-2)18(26-3)7-16(12)23/h6-7,10-11,13-14,20H,4-5,8-9H2,1-3H3/t13-,14-/m1/s1. The van der Waals surface area contributed by atoms with Crippen LogP contribution in [0, 0.1) is 5.92 Å². The molecule has 0 aliphatic carbocycles. The van der Waals surface area contributed by atoms with Crippen LogP contribution in [-0.2, 0) is 18.3 Å². The van der Waals surface area contributed by atoms with Crippen molar-refractivity contribution in [3.8, 4) is 11.5 Å².